The molecular weight excluding hydrogens is 793 g/mol. The van der Waals surface area contributed by atoms with E-state index in [9.17, 15) is 14.4 Å². The number of esters is 3. The van der Waals surface area contributed by atoms with Crippen molar-refractivity contribution in [3.8, 4) is 28.7 Å². The van der Waals surface area contributed by atoms with Crippen LogP contribution < -0.4 is 23.7 Å². The maximum Gasteiger partial charge on any atom is 0.343 e. The summed E-state index contributed by atoms with van der Waals surface area (Å²) in [5.74, 6) is 0.682. The normalized spacial score (nSPS) is 11.0. The molecule has 5 aromatic rings. The number of ether oxygens (including phenoxy) is 5. The Morgan fingerprint density at radius 1 is 0.333 bits per heavy atom. The fraction of sp³-hybridized carbons (Fsp3) is 0.377. The number of carbonyl (C=O) groups excluding carboxylic acids is 3. The van der Waals surface area contributed by atoms with Gasteiger partial charge in [0.15, 0.2) is 0 Å². The maximum absolute atomic E-state index is 12.8. The van der Waals surface area contributed by atoms with Crippen LogP contribution in [0.25, 0.3) is 0 Å². The van der Waals surface area contributed by atoms with Gasteiger partial charge in [0, 0.05) is 0 Å². The van der Waals surface area contributed by atoms with Crippen molar-refractivity contribution in [1.29, 1.82) is 0 Å². The summed E-state index contributed by atoms with van der Waals surface area (Å²) in [4.78, 5) is 38.4. The van der Waals surface area contributed by atoms with Crippen LogP contribution in [0.2, 0.25) is 0 Å². The van der Waals surface area contributed by atoms with Gasteiger partial charge in [-0.05, 0) is 134 Å². The monoisotopic (exact) mass is 854 g/mol. The van der Waals surface area contributed by atoms with E-state index in [1.165, 1.54) is 132 Å². The zero-order valence-corrected chi connectivity index (χ0v) is 36.9. The van der Waals surface area contributed by atoms with E-state index < -0.39 is 17.9 Å². The molecule has 0 aliphatic heterocycles. The Kier molecular flexibility index (Phi) is 20.9. The van der Waals surface area contributed by atoms with E-state index in [0.717, 1.165) is 25.0 Å². The topological polar surface area (TPSA) is 122 Å². The van der Waals surface area contributed by atoms with Gasteiger partial charge in [-0.25, -0.2) is 14.4 Å². The first kappa shape index (κ1) is 47.8. The SMILES string of the molecule is CCCCCCCCCCCCOc1ccc(C(=O)Oc2ccc(C(=O)Oc3ccc(C(=O)Oc4ccc(N=Nc5ccc(OCCCCCCCC)cc5)cc4)cc3)cc2)cc1. The highest BCUT2D eigenvalue weighted by atomic mass is 16.5. The van der Waals surface area contributed by atoms with Gasteiger partial charge in [-0.3, -0.25) is 0 Å². The summed E-state index contributed by atoms with van der Waals surface area (Å²) in [7, 11) is 0. The average Bonchev–Trinajstić information content (AvgIpc) is 3.31. The summed E-state index contributed by atoms with van der Waals surface area (Å²) in [5.41, 5.74) is 2.21. The van der Waals surface area contributed by atoms with Gasteiger partial charge >= 0.3 is 17.9 Å². The first-order valence-corrected chi connectivity index (χ1v) is 22.7. The predicted molar refractivity (Wildman–Crippen MR) is 247 cm³/mol. The van der Waals surface area contributed by atoms with Crippen LogP contribution >= 0.6 is 0 Å². The molecule has 0 unspecified atom stereocenters. The highest BCUT2D eigenvalue weighted by molar-refractivity contribution is 5.93. The first-order chi connectivity index (χ1) is 30.9. The van der Waals surface area contributed by atoms with Crippen LogP contribution in [0.4, 0.5) is 11.4 Å². The van der Waals surface area contributed by atoms with Crippen LogP contribution in [0.15, 0.2) is 132 Å². The number of nitrogens with zero attached hydrogens (tertiary/aromatic N) is 2. The third kappa shape index (κ3) is 17.9. The minimum Gasteiger partial charge on any atom is -0.494 e. The Bertz CT molecular complexity index is 2120. The van der Waals surface area contributed by atoms with Crippen LogP contribution in [-0.4, -0.2) is 31.1 Å². The van der Waals surface area contributed by atoms with Gasteiger partial charge < -0.3 is 23.7 Å². The number of carbonyl (C=O) groups is 3. The van der Waals surface area contributed by atoms with Gasteiger partial charge in [-0.2, -0.15) is 10.2 Å². The van der Waals surface area contributed by atoms with Gasteiger partial charge in [0.25, 0.3) is 0 Å². The number of azo groups is 1. The second kappa shape index (κ2) is 27.6. The fourth-order valence-electron chi connectivity index (χ4n) is 6.66. The minimum atomic E-state index is -0.612. The standard InChI is InChI=1S/C53H62N2O8/c1-3-5-7-9-11-12-13-14-16-18-39-59-46-29-19-41(20-30-46)51(56)61-48-31-21-42(22-32-48)52(57)62-49-33-23-43(24-34-49)53(58)63-50-37-27-45(28-38-50)55-54-44-25-35-47(36-26-44)60-40-17-15-10-8-6-4-2/h19-38H,3-18,39-40H2,1-2H3. The molecule has 0 saturated carbocycles. The van der Waals surface area contributed by atoms with E-state index in [1.54, 1.807) is 48.5 Å². The van der Waals surface area contributed by atoms with Crippen LogP contribution in [0.3, 0.4) is 0 Å². The van der Waals surface area contributed by atoms with Crippen LogP contribution in [0.1, 0.15) is 148 Å². The summed E-state index contributed by atoms with van der Waals surface area (Å²) < 4.78 is 28.2. The minimum absolute atomic E-state index is 0.244. The lowest BCUT2D eigenvalue weighted by Crippen LogP contribution is -2.11. The average molecular weight is 855 g/mol. The van der Waals surface area contributed by atoms with E-state index in [4.69, 9.17) is 23.7 Å². The lowest BCUT2D eigenvalue weighted by molar-refractivity contribution is 0.0725. The number of hydrogen-bond donors (Lipinski definition) is 0. The predicted octanol–water partition coefficient (Wildman–Crippen LogP) is 14.8. The van der Waals surface area contributed by atoms with E-state index in [1.807, 2.05) is 24.3 Å². The first-order valence-electron chi connectivity index (χ1n) is 22.7. The molecule has 0 amide bonds. The lowest BCUT2D eigenvalue weighted by atomic mass is 10.1. The van der Waals surface area contributed by atoms with Crippen molar-refractivity contribution < 1.29 is 38.1 Å². The van der Waals surface area contributed by atoms with Gasteiger partial charge in [-0.15, -0.1) is 0 Å². The Labute approximate surface area is 373 Å². The van der Waals surface area contributed by atoms with Crippen LogP contribution in [0, 0.1) is 0 Å². The molecule has 0 N–H and O–H groups in total. The summed E-state index contributed by atoms with van der Waals surface area (Å²) in [6, 6.07) is 33.2. The van der Waals surface area contributed by atoms with Gasteiger partial charge in [0.2, 0.25) is 0 Å². The zero-order chi connectivity index (χ0) is 44.3. The van der Waals surface area contributed by atoms with E-state index in [0.29, 0.717) is 41.7 Å². The van der Waals surface area contributed by atoms with Gasteiger partial charge in [0.05, 0.1) is 41.3 Å². The van der Waals surface area contributed by atoms with Crippen molar-refractivity contribution >= 4 is 29.3 Å². The molecule has 0 aromatic heterocycles. The molecule has 0 fully saturated rings. The molecule has 10 heteroatoms. The highest BCUT2D eigenvalue weighted by Gasteiger charge is 2.14. The number of rotatable bonds is 28. The van der Waals surface area contributed by atoms with E-state index in [2.05, 4.69) is 24.1 Å². The molecule has 5 aromatic carbocycles. The highest BCUT2D eigenvalue weighted by Crippen LogP contribution is 2.25. The smallest absolute Gasteiger partial charge is 0.343 e. The Morgan fingerprint density at radius 3 is 0.905 bits per heavy atom. The fourth-order valence-corrected chi connectivity index (χ4v) is 6.66. The molecule has 0 atom stereocenters. The summed E-state index contributed by atoms with van der Waals surface area (Å²) in [5, 5.41) is 8.57. The lowest BCUT2D eigenvalue weighted by Gasteiger charge is -2.09. The summed E-state index contributed by atoms with van der Waals surface area (Å²) in [6.07, 6.45) is 20.0. The molecule has 0 saturated heterocycles. The molecular formula is C53H62N2O8. The second-order valence-electron chi connectivity index (χ2n) is 15.6. The van der Waals surface area contributed by atoms with Crippen molar-refractivity contribution in [2.45, 2.75) is 117 Å². The number of unbranched alkanes of at least 4 members (excludes halogenated alkanes) is 14. The quantitative estimate of drug-likeness (QED) is 0.0211. The van der Waals surface area contributed by atoms with Crippen molar-refractivity contribution in [1.82, 2.24) is 0 Å². The maximum atomic E-state index is 12.8. The van der Waals surface area contributed by atoms with Crippen molar-refractivity contribution in [2.24, 2.45) is 10.2 Å². The van der Waals surface area contributed by atoms with Gasteiger partial charge in [0.1, 0.15) is 28.7 Å². The van der Waals surface area contributed by atoms with Gasteiger partial charge in [-0.1, -0.05) is 104 Å². The van der Waals surface area contributed by atoms with E-state index >= 15 is 0 Å². The molecule has 5 rings (SSSR count). The Balaban J connectivity index is 0.976. The Morgan fingerprint density at radius 2 is 0.587 bits per heavy atom. The van der Waals surface area contributed by atoms with Crippen molar-refractivity contribution in [3.05, 3.63) is 138 Å². The summed E-state index contributed by atoms with van der Waals surface area (Å²) >= 11 is 0. The molecule has 63 heavy (non-hydrogen) atoms. The molecule has 332 valence electrons. The molecule has 0 aliphatic carbocycles. The van der Waals surface area contributed by atoms with Crippen molar-refractivity contribution in [3.63, 3.8) is 0 Å². The van der Waals surface area contributed by atoms with Crippen molar-refractivity contribution in [2.75, 3.05) is 13.2 Å². The van der Waals surface area contributed by atoms with Crippen LogP contribution in [-0.2, 0) is 0 Å². The third-order valence-electron chi connectivity index (χ3n) is 10.4. The molecule has 10 nitrogen and oxygen atoms in total. The second-order valence-corrected chi connectivity index (χ2v) is 15.6. The molecule has 0 spiro atoms. The molecule has 0 radical (unpaired) electrons. The molecule has 0 heterocycles. The van der Waals surface area contributed by atoms with E-state index in [-0.39, 0.29) is 22.6 Å². The van der Waals surface area contributed by atoms with Crippen LogP contribution in [0.5, 0.6) is 28.7 Å². The largest absolute Gasteiger partial charge is 0.494 e. The third-order valence-corrected chi connectivity index (χ3v) is 10.4. The number of hydrogen-bond acceptors (Lipinski definition) is 10. The summed E-state index contributed by atoms with van der Waals surface area (Å²) in [6.45, 7) is 5.82. The zero-order valence-electron chi connectivity index (χ0n) is 36.9. The number of benzene rings is 5. The Hall–Kier alpha value is -6.29. The molecule has 0 bridgehead atoms. The molecule has 0 aliphatic rings.